The Morgan fingerprint density at radius 2 is 2.04 bits per heavy atom. The monoisotopic (exact) mass is 384 g/mol. The molecule has 0 bridgehead atoms. The van der Waals surface area contributed by atoms with Gasteiger partial charge in [0.15, 0.2) is 0 Å². The minimum absolute atomic E-state index is 0.0318. The molecule has 1 aromatic rings. The molecule has 1 aromatic carbocycles. The number of allylic oxidation sites excluding steroid dienone is 2. The Labute approximate surface area is 164 Å². The van der Waals surface area contributed by atoms with E-state index in [1.165, 1.54) is 4.90 Å². The van der Waals surface area contributed by atoms with Crippen molar-refractivity contribution in [1.29, 1.82) is 0 Å². The lowest BCUT2D eigenvalue weighted by Gasteiger charge is -2.20. The highest BCUT2D eigenvalue weighted by Crippen LogP contribution is 2.37. The molecule has 0 spiro atoms. The zero-order chi connectivity index (χ0) is 21.0. The van der Waals surface area contributed by atoms with Gasteiger partial charge in [-0.25, -0.2) is 9.59 Å². The van der Waals surface area contributed by atoms with Gasteiger partial charge in [0.2, 0.25) is 0 Å². The molecule has 0 saturated carbocycles. The number of anilines is 1. The number of hydrogen-bond acceptors (Lipinski definition) is 4. The van der Waals surface area contributed by atoms with Crippen molar-refractivity contribution in [3.05, 3.63) is 39.5 Å². The maximum absolute atomic E-state index is 12.3. The molecule has 0 aliphatic carbocycles. The van der Waals surface area contributed by atoms with Crippen LogP contribution in [0.1, 0.15) is 52.4 Å². The fourth-order valence-corrected chi connectivity index (χ4v) is 3.05. The number of nitrogens with one attached hydrogen (secondary N) is 1. The van der Waals surface area contributed by atoms with Crippen LogP contribution < -0.4 is 5.32 Å². The van der Waals surface area contributed by atoms with E-state index in [4.69, 9.17) is 16.3 Å². The minimum Gasteiger partial charge on any atom is -0.481 e. The SMILES string of the molecule is C#Cc1c(C)c2c(c(NC(=O)N(C)C)c1C/C=C(\C)CCC(=O)O)C(=O)OC2. The van der Waals surface area contributed by atoms with Gasteiger partial charge in [-0.3, -0.25) is 4.79 Å². The Kier molecular flexibility index (Phi) is 6.47. The molecule has 2 rings (SSSR count). The van der Waals surface area contributed by atoms with E-state index >= 15 is 0 Å². The van der Waals surface area contributed by atoms with Gasteiger partial charge in [-0.15, -0.1) is 6.42 Å². The highest BCUT2D eigenvalue weighted by Gasteiger charge is 2.32. The van der Waals surface area contributed by atoms with E-state index in [-0.39, 0.29) is 19.1 Å². The lowest BCUT2D eigenvalue weighted by molar-refractivity contribution is -0.136. The fraction of sp³-hybridized carbons (Fsp3) is 0.381. The number of urea groups is 1. The Hall–Kier alpha value is -3.27. The van der Waals surface area contributed by atoms with Crippen LogP contribution in [0.3, 0.4) is 0 Å². The van der Waals surface area contributed by atoms with Crippen molar-refractivity contribution >= 4 is 23.7 Å². The topological polar surface area (TPSA) is 95.9 Å². The molecular formula is C21H24N2O5. The molecule has 1 heterocycles. The second-order valence-corrected chi connectivity index (χ2v) is 6.90. The van der Waals surface area contributed by atoms with Crippen molar-refractivity contribution in [3.63, 3.8) is 0 Å². The normalized spacial score (nSPS) is 12.8. The highest BCUT2D eigenvalue weighted by molar-refractivity contribution is 6.05. The summed E-state index contributed by atoms with van der Waals surface area (Å²) in [6.07, 6.45) is 8.42. The number of fused-ring (bicyclic) bond motifs is 1. The number of esters is 1. The summed E-state index contributed by atoms with van der Waals surface area (Å²) in [4.78, 5) is 36.8. The Bertz CT molecular complexity index is 907. The quantitative estimate of drug-likeness (QED) is 0.446. The summed E-state index contributed by atoms with van der Waals surface area (Å²) in [5, 5.41) is 11.6. The average molecular weight is 384 g/mol. The number of ether oxygens (including phenoxy) is 1. The number of carboxylic acids is 1. The molecule has 0 atom stereocenters. The molecule has 0 unspecified atom stereocenters. The number of carbonyl (C=O) groups is 3. The maximum Gasteiger partial charge on any atom is 0.341 e. The number of nitrogens with zero attached hydrogens (tertiary/aromatic N) is 1. The first-order valence-corrected chi connectivity index (χ1v) is 8.85. The molecule has 28 heavy (non-hydrogen) atoms. The summed E-state index contributed by atoms with van der Waals surface area (Å²) in [5.74, 6) is 1.31. The van der Waals surface area contributed by atoms with Gasteiger partial charge in [0.25, 0.3) is 0 Å². The van der Waals surface area contributed by atoms with Gasteiger partial charge in [-0.1, -0.05) is 17.6 Å². The van der Waals surface area contributed by atoms with Crippen LogP contribution in [-0.4, -0.2) is 42.1 Å². The Morgan fingerprint density at radius 1 is 1.36 bits per heavy atom. The van der Waals surface area contributed by atoms with E-state index in [2.05, 4.69) is 11.2 Å². The molecule has 0 fully saturated rings. The average Bonchev–Trinajstić information content (AvgIpc) is 3.02. The Balaban J connectivity index is 2.57. The Morgan fingerprint density at radius 3 is 2.61 bits per heavy atom. The van der Waals surface area contributed by atoms with Gasteiger partial charge in [-0.05, 0) is 37.8 Å². The third-order valence-electron chi connectivity index (χ3n) is 4.71. The minimum atomic E-state index is -0.868. The molecule has 2 N–H and O–H groups in total. The molecule has 1 aliphatic heterocycles. The first-order chi connectivity index (χ1) is 13.2. The van der Waals surface area contributed by atoms with E-state index in [1.807, 2.05) is 19.9 Å². The molecule has 7 heteroatoms. The van der Waals surface area contributed by atoms with Crippen molar-refractivity contribution in [2.24, 2.45) is 0 Å². The van der Waals surface area contributed by atoms with E-state index in [1.54, 1.807) is 14.1 Å². The van der Waals surface area contributed by atoms with E-state index in [0.717, 1.165) is 11.1 Å². The van der Waals surface area contributed by atoms with Crippen molar-refractivity contribution in [2.45, 2.75) is 39.7 Å². The molecule has 0 aromatic heterocycles. The summed E-state index contributed by atoms with van der Waals surface area (Å²) in [5.41, 5.74) is 4.28. The number of hydrogen-bond donors (Lipinski definition) is 2. The predicted molar refractivity (Wildman–Crippen MR) is 105 cm³/mol. The molecule has 0 radical (unpaired) electrons. The van der Waals surface area contributed by atoms with E-state index in [0.29, 0.717) is 40.8 Å². The summed E-state index contributed by atoms with van der Waals surface area (Å²) in [6.45, 7) is 3.79. The van der Waals surface area contributed by atoms with Crippen molar-refractivity contribution in [1.82, 2.24) is 4.90 Å². The number of rotatable bonds is 6. The molecular weight excluding hydrogens is 360 g/mol. The summed E-state index contributed by atoms with van der Waals surface area (Å²) >= 11 is 0. The molecule has 1 aliphatic rings. The number of cyclic esters (lactones) is 1. The van der Waals surface area contributed by atoms with Crippen LogP contribution in [0.2, 0.25) is 0 Å². The number of amides is 2. The number of carbonyl (C=O) groups excluding carboxylic acids is 2. The number of aliphatic carboxylic acids is 1. The van der Waals surface area contributed by atoms with E-state index < -0.39 is 11.9 Å². The number of benzene rings is 1. The van der Waals surface area contributed by atoms with Crippen molar-refractivity contribution in [2.75, 3.05) is 19.4 Å². The van der Waals surface area contributed by atoms with Crippen molar-refractivity contribution in [3.8, 4) is 12.3 Å². The van der Waals surface area contributed by atoms with E-state index in [9.17, 15) is 14.4 Å². The largest absolute Gasteiger partial charge is 0.481 e. The zero-order valence-corrected chi connectivity index (χ0v) is 16.5. The second-order valence-electron chi connectivity index (χ2n) is 6.90. The fourth-order valence-electron chi connectivity index (χ4n) is 3.05. The van der Waals surface area contributed by atoms with Gasteiger partial charge in [-0.2, -0.15) is 0 Å². The first-order valence-electron chi connectivity index (χ1n) is 8.85. The maximum atomic E-state index is 12.3. The second kappa shape index (κ2) is 8.61. The smallest absolute Gasteiger partial charge is 0.341 e. The number of carboxylic acid groups (broad SMARTS) is 1. The van der Waals surface area contributed by atoms with Crippen LogP contribution in [0.15, 0.2) is 11.6 Å². The highest BCUT2D eigenvalue weighted by atomic mass is 16.5. The van der Waals surface area contributed by atoms with Crippen LogP contribution in [-0.2, 0) is 22.6 Å². The summed E-state index contributed by atoms with van der Waals surface area (Å²) < 4.78 is 5.18. The third kappa shape index (κ3) is 4.34. The molecule has 7 nitrogen and oxygen atoms in total. The van der Waals surface area contributed by atoms with Gasteiger partial charge < -0.3 is 20.1 Å². The van der Waals surface area contributed by atoms with Gasteiger partial charge >= 0.3 is 18.0 Å². The van der Waals surface area contributed by atoms with Crippen LogP contribution in [0.5, 0.6) is 0 Å². The van der Waals surface area contributed by atoms with Crippen LogP contribution in [0, 0.1) is 19.3 Å². The standard InChI is InChI=1S/C21H24N2O5/c1-6-14-13(3)16-11-28-20(26)18(16)19(22-21(27)23(4)5)15(14)9-7-12(2)8-10-17(24)25/h1,7H,8-11H2,2-5H3,(H,22,27)(H,24,25)/b12-7+. The molecule has 2 amide bonds. The van der Waals surface area contributed by atoms with Gasteiger partial charge in [0.1, 0.15) is 6.61 Å². The van der Waals surface area contributed by atoms with Crippen LogP contribution in [0.4, 0.5) is 10.5 Å². The molecule has 148 valence electrons. The first kappa shape index (κ1) is 21.0. The number of terminal acetylenes is 1. The lowest BCUT2D eigenvalue weighted by atomic mass is 9.89. The summed E-state index contributed by atoms with van der Waals surface area (Å²) in [6, 6.07) is -0.387. The van der Waals surface area contributed by atoms with Gasteiger partial charge in [0, 0.05) is 31.6 Å². The third-order valence-corrected chi connectivity index (χ3v) is 4.71. The lowest BCUT2D eigenvalue weighted by Crippen LogP contribution is -2.29. The molecule has 0 saturated heterocycles. The predicted octanol–water partition coefficient (Wildman–Crippen LogP) is 3.09. The van der Waals surface area contributed by atoms with Gasteiger partial charge in [0.05, 0.1) is 11.3 Å². The van der Waals surface area contributed by atoms with Crippen molar-refractivity contribution < 1.29 is 24.2 Å². The summed E-state index contributed by atoms with van der Waals surface area (Å²) in [7, 11) is 3.19. The zero-order valence-electron chi connectivity index (χ0n) is 16.5. The van der Waals surface area contributed by atoms with Crippen LogP contribution in [0.25, 0.3) is 0 Å². The van der Waals surface area contributed by atoms with Crippen LogP contribution >= 0.6 is 0 Å².